The lowest BCUT2D eigenvalue weighted by Crippen LogP contribution is -2.14. The quantitative estimate of drug-likeness (QED) is 0.778. The topological polar surface area (TPSA) is 31.2 Å². The summed E-state index contributed by atoms with van der Waals surface area (Å²) >= 11 is 1.66. The van der Waals surface area contributed by atoms with E-state index in [2.05, 4.69) is 29.9 Å². The largest absolute Gasteiger partial charge is 0.461 e. The smallest absolute Gasteiger partial charge is 0.355 e. The van der Waals surface area contributed by atoms with Gasteiger partial charge in [0.15, 0.2) is 0 Å². The first-order valence-corrected chi connectivity index (χ1v) is 6.75. The molecule has 0 saturated carbocycles. The Morgan fingerprint density at radius 3 is 2.94 bits per heavy atom. The van der Waals surface area contributed by atoms with Gasteiger partial charge in [0.1, 0.15) is 5.69 Å². The summed E-state index contributed by atoms with van der Waals surface area (Å²) in [4.78, 5) is 11.9. The van der Waals surface area contributed by atoms with Crippen LogP contribution in [0.3, 0.4) is 0 Å². The van der Waals surface area contributed by atoms with Gasteiger partial charge in [-0.15, -0.1) is 11.3 Å². The van der Waals surface area contributed by atoms with E-state index in [4.69, 9.17) is 4.74 Å². The Kier molecular flexibility index (Phi) is 3.52. The minimum atomic E-state index is -0.225. The number of fused-ring (bicyclic) bond motifs is 1. The Labute approximate surface area is 105 Å². The number of esters is 1. The molecule has 0 N–H and O–H groups in total. The molecule has 2 aromatic heterocycles. The third kappa shape index (κ3) is 2.36. The second kappa shape index (κ2) is 4.92. The van der Waals surface area contributed by atoms with E-state index in [-0.39, 0.29) is 5.97 Å². The zero-order valence-corrected chi connectivity index (χ0v) is 11.2. The van der Waals surface area contributed by atoms with Crippen LogP contribution in [-0.4, -0.2) is 17.1 Å². The zero-order valence-electron chi connectivity index (χ0n) is 10.4. The summed E-state index contributed by atoms with van der Waals surface area (Å²) in [5.41, 5.74) is 1.80. The van der Waals surface area contributed by atoms with Gasteiger partial charge in [0.25, 0.3) is 0 Å². The first-order chi connectivity index (χ1) is 8.13. The first kappa shape index (κ1) is 12.2. The van der Waals surface area contributed by atoms with E-state index < -0.39 is 0 Å². The Balaban J connectivity index is 2.45. The van der Waals surface area contributed by atoms with Crippen LogP contribution in [0, 0.1) is 5.92 Å². The summed E-state index contributed by atoms with van der Waals surface area (Å²) in [6.45, 7) is 7.38. The summed E-state index contributed by atoms with van der Waals surface area (Å²) in [6.07, 6.45) is 0. The molecule has 2 aromatic rings. The highest BCUT2D eigenvalue weighted by Gasteiger charge is 2.17. The molecule has 92 valence electrons. The molecule has 0 aromatic carbocycles. The second-order valence-electron chi connectivity index (χ2n) is 4.42. The van der Waals surface area contributed by atoms with Gasteiger partial charge in [-0.25, -0.2) is 4.79 Å². The van der Waals surface area contributed by atoms with Crippen LogP contribution in [0.15, 0.2) is 17.5 Å². The molecule has 17 heavy (non-hydrogen) atoms. The van der Waals surface area contributed by atoms with Crippen molar-refractivity contribution in [2.45, 2.75) is 27.3 Å². The van der Waals surface area contributed by atoms with Gasteiger partial charge in [-0.2, -0.15) is 0 Å². The molecular formula is C13H17NO2S. The molecular weight excluding hydrogens is 234 g/mol. The molecule has 0 aliphatic rings. The van der Waals surface area contributed by atoms with Crippen molar-refractivity contribution in [2.75, 3.05) is 6.61 Å². The lowest BCUT2D eigenvalue weighted by atomic mass is 10.2. The van der Waals surface area contributed by atoms with Crippen LogP contribution < -0.4 is 0 Å². The lowest BCUT2D eigenvalue weighted by Gasteiger charge is -2.11. The highest BCUT2D eigenvalue weighted by atomic mass is 32.1. The van der Waals surface area contributed by atoms with Gasteiger partial charge in [0, 0.05) is 6.54 Å². The standard InChI is InChI=1S/C13H17NO2S/c1-4-16-13(15)11-7-12-10(5-6-17-12)14(11)8-9(2)3/h5-7,9H,4,8H2,1-3H3. The molecule has 2 heterocycles. The minimum Gasteiger partial charge on any atom is -0.461 e. The van der Waals surface area contributed by atoms with Crippen molar-refractivity contribution in [3.63, 3.8) is 0 Å². The number of rotatable bonds is 4. The van der Waals surface area contributed by atoms with Gasteiger partial charge in [0.05, 0.1) is 16.8 Å². The van der Waals surface area contributed by atoms with Crippen molar-refractivity contribution in [2.24, 2.45) is 5.92 Å². The SMILES string of the molecule is CCOC(=O)c1cc2sccc2n1CC(C)C. The van der Waals surface area contributed by atoms with Crippen molar-refractivity contribution in [1.29, 1.82) is 0 Å². The maximum Gasteiger partial charge on any atom is 0.355 e. The maximum atomic E-state index is 11.9. The molecule has 0 bridgehead atoms. The Morgan fingerprint density at radius 1 is 1.53 bits per heavy atom. The van der Waals surface area contributed by atoms with E-state index in [1.165, 1.54) is 0 Å². The van der Waals surface area contributed by atoms with Crippen LogP contribution in [0.2, 0.25) is 0 Å². The van der Waals surface area contributed by atoms with E-state index in [1.807, 2.05) is 13.0 Å². The fourth-order valence-electron chi connectivity index (χ4n) is 1.91. The maximum absolute atomic E-state index is 11.9. The van der Waals surface area contributed by atoms with Crippen LogP contribution >= 0.6 is 11.3 Å². The Hall–Kier alpha value is -1.29. The number of carbonyl (C=O) groups excluding carboxylic acids is 1. The van der Waals surface area contributed by atoms with Gasteiger partial charge in [0.2, 0.25) is 0 Å². The number of aromatic nitrogens is 1. The van der Waals surface area contributed by atoms with E-state index in [9.17, 15) is 4.79 Å². The molecule has 0 unspecified atom stereocenters. The third-order valence-electron chi connectivity index (χ3n) is 2.56. The number of ether oxygens (including phenoxy) is 1. The fraction of sp³-hybridized carbons (Fsp3) is 0.462. The molecule has 2 rings (SSSR count). The lowest BCUT2D eigenvalue weighted by molar-refractivity contribution is 0.0513. The molecule has 3 nitrogen and oxygen atoms in total. The van der Waals surface area contributed by atoms with Crippen molar-refractivity contribution in [3.05, 3.63) is 23.2 Å². The van der Waals surface area contributed by atoms with Crippen molar-refractivity contribution < 1.29 is 9.53 Å². The van der Waals surface area contributed by atoms with Gasteiger partial charge >= 0.3 is 5.97 Å². The van der Waals surface area contributed by atoms with Gasteiger partial charge < -0.3 is 9.30 Å². The van der Waals surface area contributed by atoms with E-state index in [0.717, 1.165) is 16.8 Å². The van der Waals surface area contributed by atoms with Crippen molar-refractivity contribution in [1.82, 2.24) is 4.57 Å². The molecule has 0 spiro atoms. The predicted octanol–water partition coefficient (Wildman–Crippen LogP) is 3.54. The van der Waals surface area contributed by atoms with E-state index in [1.54, 1.807) is 11.3 Å². The molecule has 0 amide bonds. The number of carbonyl (C=O) groups is 1. The average Bonchev–Trinajstić information content (AvgIpc) is 2.80. The van der Waals surface area contributed by atoms with Crippen LogP contribution in [0.4, 0.5) is 0 Å². The zero-order chi connectivity index (χ0) is 12.4. The highest BCUT2D eigenvalue weighted by Crippen LogP contribution is 2.26. The Morgan fingerprint density at radius 2 is 2.29 bits per heavy atom. The van der Waals surface area contributed by atoms with Gasteiger partial charge in [-0.05, 0) is 30.4 Å². The van der Waals surface area contributed by atoms with Crippen LogP contribution in [0.25, 0.3) is 10.2 Å². The number of hydrogen-bond donors (Lipinski definition) is 0. The monoisotopic (exact) mass is 251 g/mol. The molecule has 0 radical (unpaired) electrons. The third-order valence-corrected chi connectivity index (χ3v) is 3.41. The number of hydrogen-bond acceptors (Lipinski definition) is 3. The summed E-state index contributed by atoms with van der Waals surface area (Å²) in [6, 6.07) is 3.99. The molecule has 4 heteroatoms. The minimum absolute atomic E-state index is 0.225. The number of thiophene rings is 1. The van der Waals surface area contributed by atoms with Crippen LogP contribution in [0.1, 0.15) is 31.3 Å². The van der Waals surface area contributed by atoms with E-state index >= 15 is 0 Å². The van der Waals surface area contributed by atoms with E-state index in [0.29, 0.717) is 18.2 Å². The molecule has 0 atom stereocenters. The van der Waals surface area contributed by atoms with Gasteiger partial charge in [-0.1, -0.05) is 13.8 Å². The Bertz CT molecular complexity index is 524. The molecule has 0 fully saturated rings. The van der Waals surface area contributed by atoms with Crippen LogP contribution in [-0.2, 0) is 11.3 Å². The number of nitrogens with zero attached hydrogens (tertiary/aromatic N) is 1. The normalized spacial score (nSPS) is 11.3. The average molecular weight is 251 g/mol. The summed E-state index contributed by atoms with van der Waals surface area (Å²) in [5.74, 6) is 0.273. The molecule has 0 saturated heterocycles. The summed E-state index contributed by atoms with van der Waals surface area (Å²) in [5, 5.41) is 2.05. The fourth-order valence-corrected chi connectivity index (χ4v) is 2.74. The summed E-state index contributed by atoms with van der Waals surface area (Å²) < 4.78 is 8.30. The van der Waals surface area contributed by atoms with Crippen LogP contribution in [0.5, 0.6) is 0 Å². The predicted molar refractivity (Wildman–Crippen MR) is 70.6 cm³/mol. The van der Waals surface area contributed by atoms with Crippen molar-refractivity contribution >= 4 is 27.5 Å². The van der Waals surface area contributed by atoms with Crippen molar-refractivity contribution in [3.8, 4) is 0 Å². The molecule has 0 aliphatic heterocycles. The second-order valence-corrected chi connectivity index (χ2v) is 5.37. The molecule has 0 aliphatic carbocycles. The highest BCUT2D eigenvalue weighted by molar-refractivity contribution is 7.17. The summed E-state index contributed by atoms with van der Waals surface area (Å²) in [7, 11) is 0. The van der Waals surface area contributed by atoms with Gasteiger partial charge in [-0.3, -0.25) is 0 Å². The first-order valence-electron chi connectivity index (χ1n) is 5.87.